The Morgan fingerprint density at radius 3 is 2.79 bits per heavy atom. The van der Waals surface area contributed by atoms with Crippen molar-refractivity contribution in [2.45, 2.75) is 83.6 Å². The number of carbonyl (C=O) groups excluding carboxylic acids is 1. The number of nitrogens with one attached hydrogen (secondary N) is 1. The molecule has 4 saturated carbocycles. The maximum atomic E-state index is 12.6. The predicted octanol–water partition coefficient (Wildman–Crippen LogP) is 4.64. The monoisotopic (exact) mass is 327 g/mol. The van der Waals surface area contributed by atoms with Crippen LogP contribution in [-0.2, 0) is 4.79 Å². The Balaban J connectivity index is 1.48. The first kappa shape index (κ1) is 15.6. The van der Waals surface area contributed by atoms with Crippen LogP contribution >= 0.6 is 0 Å². The summed E-state index contributed by atoms with van der Waals surface area (Å²) in [6.45, 7) is 3.53. The second-order valence-corrected chi connectivity index (χ2v) is 9.77. The number of Topliss-reactive ketones (excluding diaryl/α,β-unsaturated/α-hetero) is 1. The van der Waals surface area contributed by atoms with Crippen LogP contribution in [-0.4, -0.2) is 18.4 Å². The quantitative estimate of drug-likeness (QED) is 0.765. The van der Waals surface area contributed by atoms with Gasteiger partial charge in [0.25, 0.3) is 0 Å². The minimum Gasteiger partial charge on any atom is -0.313 e. The normalized spacial score (nSPS) is 47.6. The Morgan fingerprint density at radius 2 is 1.96 bits per heavy atom. The van der Waals surface area contributed by atoms with Crippen LogP contribution in [0.4, 0.5) is 0 Å². The van der Waals surface area contributed by atoms with Crippen molar-refractivity contribution in [1.82, 2.24) is 5.32 Å². The molecule has 0 saturated heterocycles. The van der Waals surface area contributed by atoms with Crippen LogP contribution in [0.1, 0.15) is 77.6 Å². The average molecular weight is 328 g/mol. The van der Waals surface area contributed by atoms with Gasteiger partial charge in [0.05, 0.1) is 0 Å². The topological polar surface area (TPSA) is 29.1 Å². The van der Waals surface area contributed by atoms with Crippen LogP contribution in [0.2, 0.25) is 0 Å². The lowest BCUT2D eigenvalue weighted by Gasteiger charge is -2.58. The van der Waals surface area contributed by atoms with Crippen molar-refractivity contribution in [3.8, 4) is 0 Å². The molecule has 5 rings (SSSR count). The zero-order chi connectivity index (χ0) is 16.4. The first-order valence-electron chi connectivity index (χ1n) is 10.6. The summed E-state index contributed by atoms with van der Waals surface area (Å²) in [6.07, 6.45) is 16.6. The maximum Gasteiger partial charge on any atom is 0.139 e. The van der Waals surface area contributed by atoms with Crippen LogP contribution in [0.15, 0.2) is 11.6 Å². The van der Waals surface area contributed by atoms with E-state index in [1.54, 1.807) is 5.57 Å². The van der Waals surface area contributed by atoms with E-state index in [2.05, 4.69) is 18.3 Å². The molecule has 2 heteroatoms. The summed E-state index contributed by atoms with van der Waals surface area (Å²) in [6, 6.07) is 0.810. The summed E-state index contributed by atoms with van der Waals surface area (Å²) in [5.74, 6) is 2.92. The third-order valence-electron chi connectivity index (χ3n) is 8.74. The van der Waals surface area contributed by atoms with Gasteiger partial charge in [0.15, 0.2) is 0 Å². The molecular weight excluding hydrogens is 294 g/mol. The highest BCUT2D eigenvalue weighted by atomic mass is 16.1. The molecule has 24 heavy (non-hydrogen) atoms. The maximum absolute atomic E-state index is 12.6. The minimum atomic E-state index is 0.0299. The Morgan fingerprint density at radius 1 is 1.08 bits per heavy atom. The average Bonchev–Trinajstić information content (AvgIpc) is 3.38. The molecule has 0 spiro atoms. The summed E-state index contributed by atoms with van der Waals surface area (Å²) < 4.78 is 0. The molecule has 0 bridgehead atoms. The lowest BCUT2D eigenvalue weighted by Crippen LogP contribution is -2.54. The van der Waals surface area contributed by atoms with Crippen molar-refractivity contribution in [2.75, 3.05) is 6.54 Å². The van der Waals surface area contributed by atoms with E-state index in [4.69, 9.17) is 0 Å². The van der Waals surface area contributed by atoms with Gasteiger partial charge in [-0.2, -0.15) is 0 Å². The van der Waals surface area contributed by atoms with E-state index in [0.29, 0.717) is 17.1 Å². The summed E-state index contributed by atoms with van der Waals surface area (Å²) >= 11 is 0. The third-order valence-corrected chi connectivity index (χ3v) is 8.74. The van der Waals surface area contributed by atoms with Crippen molar-refractivity contribution in [3.05, 3.63) is 11.6 Å². The fraction of sp³-hybridized carbons (Fsp3) is 0.864. The second-order valence-electron chi connectivity index (χ2n) is 9.77. The molecule has 0 heterocycles. The highest BCUT2D eigenvalue weighted by molar-refractivity contribution is 5.87. The molecule has 5 aliphatic rings. The second kappa shape index (κ2) is 5.43. The zero-order valence-electron chi connectivity index (χ0n) is 15.3. The first-order valence-corrected chi connectivity index (χ1v) is 10.6. The SMILES string of the molecule is C[C@]12CC[C@H]3[C@@H](CCC4=CCCC[C@@]43CNC3CC3)[C@@H]1CCC2=O. The minimum absolute atomic E-state index is 0.0299. The molecule has 0 radical (unpaired) electrons. The fourth-order valence-corrected chi connectivity index (χ4v) is 7.25. The van der Waals surface area contributed by atoms with Gasteiger partial charge in [-0.1, -0.05) is 18.6 Å². The largest absolute Gasteiger partial charge is 0.313 e. The van der Waals surface area contributed by atoms with Gasteiger partial charge in [0.2, 0.25) is 0 Å². The fourth-order valence-electron chi connectivity index (χ4n) is 7.25. The van der Waals surface area contributed by atoms with Gasteiger partial charge in [-0.3, -0.25) is 4.79 Å². The Hall–Kier alpha value is -0.630. The smallest absolute Gasteiger partial charge is 0.139 e. The Kier molecular flexibility index (Phi) is 3.53. The van der Waals surface area contributed by atoms with Gasteiger partial charge in [-0.15, -0.1) is 0 Å². The van der Waals surface area contributed by atoms with Crippen molar-refractivity contribution in [3.63, 3.8) is 0 Å². The molecule has 0 aromatic heterocycles. The Labute approximate surface area is 146 Å². The summed E-state index contributed by atoms with van der Waals surface area (Å²) in [4.78, 5) is 12.6. The number of rotatable bonds is 3. The lowest BCUT2D eigenvalue weighted by atomic mass is 9.47. The molecule has 132 valence electrons. The summed E-state index contributed by atoms with van der Waals surface area (Å²) in [5, 5.41) is 3.92. The number of ketones is 1. The number of hydrogen-bond acceptors (Lipinski definition) is 2. The molecule has 5 atom stereocenters. The van der Waals surface area contributed by atoms with Crippen molar-refractivity contribution < 1.29 is 4.79 Å². The summed E-state index contributed by atoms with van der Waals surface area (Å²) in [5.41, 5.74) is 2.27. The van der Waals surface area contributed by atoms with Gasteiger partial charge >= 0.3 is 0 Å². The van der Waals surface area contributed by atoms with Gasteiger partial charge in [-0.25, -0.2) is 0 Å². The van der Waals surface area contributed by atoms with Gasteiger partial charge in [-0.05, 0) is 82.0 Å². The van der Waals surface area contributed by atoms with E-state index in [1.807, 2.05) is 0 Å². The van der Waals surface area contributed by atoms with Crippen LogP contribution in [0.5, 0.6) is 0 Å². The highest BCUT2D eigenvalue weighted by Gasteiger charge is 2.59. The van der Waals surface area contributed by atoms with Crippen molar-refractivity contribution in [1.29, 1.82) is 0 Å². The van der Waals surface area contributed by atoms with Crippen LogP contribution in [0, 0.1) is 28.6 Å². The number of fused-ring (bicyclic) bond motifs is 5. The molecule has 0 aliphatic heterocycles. The van der Waals surface area contributed by atoms with Crippen molar-refractivity contribution in [2.24, 2.45) is 28.6 Å². The van der Waals surface area contributed by atoms with Gasteiger partial charge in [0.1, 0.15) is 5.78 Å². The number of allylic oxidation sites excluding steroid dienone is 1. The molecule has 0 unspecified atom stereocenters. The van der Waals surface area contributed by atoms with Crippen LogP contribution < -0.4 is 5.32 Å². The lowest BCUT2D eigenvalue weighted by molar-refractivity contribution is -0.132. The third kappa shape index (κ3) is 2.14. The molecule has 0 amide bonds. The molecule has 2 nitrogen and oxygen atoms in total. The molecule has 4 fully saturated rings. The van der Waals surface area contributed by atoms with Crippen LogP contribution in [0.3, 0.4) is 0 Å². The zero-order valence-corrected chi connectivity index (χ0v) is 15.3. The van der Waals surface area contributed by atoms with E-state index in [-0.39, 0.29) is 5.41 Å². The standard InChI is InChI=1S/C22H33NO/c1-21-13-11-19-17(18(21)9-10-20(21)24)8-5-15-4-2-3-12-22(15,19)14-23-16-6-7-16/h4,16-19,23H,2-3,5-14H2,1H3/t17-,18-,19-,21-,22+/m0/s1. The molecular formula is C22H33NO. The van der Waals surface area contributed by atoms with E-state index in [1.165, 1.54) is 64.3 Å². The van der Waals surface area contributed by atoms with Crippen LogP contribution in [0.25, 0.3) is 0 Å². The number of hydrogen-bond donors (Lipinski definition) is 1. The molecule has 0 aromatic carbocycles. The molecule has 0 aromatic rings. The van der Waals surface area contributed by atoms with Crippen molar-refractivity contribution >= 4 is 5.78 Å². The van der Waals surface area contributed by atoms with Gasteiger partial charge in [0, 0.05) is 29.8 Å². The van der Waals surface area contributed by atoms with E-state index >= 15 is 0 Å². The highest BCUT2D eigenvalue weighted by Crippen LogP contribution is 2.64. The van der Waals surface area contributed by atoms with Gasteiger partial charge < -0.3 is 5.32 Å². The predicted molar refractivity (Wildman–Crippen MR) is 96.7 cm³/mol. The van der Waals surface area contributed by atoms with E-state index < -0.39 is 0 Å². The number of carbonyl (C=O) groups is 1. The molecule has 5 aliphatic carbocycles. The summed E-state index contributed by atoms with van der Waals surface area (Å²) in [7, 11) is 0. The first-order chi connectivity index (χ1) is 11.6. The van der Waals surface area contributed by atoms with E-state index in [0.717, 1.165) is 30.7 Å². The molecule has 1 N–H and O–H groups in total. The Bertz CT molecular complexity index is 577. The van der Waals surface area contributed by atoms with E-state index in [9.17, 15) is 4.79 Å².